The first-order valence-corrected chi connectivity index (χ1v) is 13.3. The molecule has 10 nitrogen and oxygen atoms in total. The quantitative estimate of drug-likeness (QED) is 0.399. The summed E-state index contributed by atoms with van der Waals surface area (Å²) in [6.07, 6.45) is 5.99. The highest BCUT2D eigenvalue weighted by atomic mass is 32.2. The molecule has 1 aliphatic rings. The number of para-hydroxylation sites is 1. The number of anilines is 2. The summed E-state index contributed by atoms with van der Waals surface area (Å²) in [5.41, 5.74) is 3.45. The number of carbonyl (C=O) groups excluding carboxylic acids is 1. The zero-order valence-corrected chi connectivity index (χ0v) is 21.3. The molecule has 2 aromatic heterocycles. The van der Waals surface area contributed by atoms with Crippen molar-refractivity contribution in [3.8, 4) is 11.1 Å². The van der Waals surface area contributed by atoms with Crippen LogP contribution in [0.25, 0.3) is 22.0 Å². The van der Waals surface area contributed by atoms with Gasteiger partial charge in [-0.05, 0) is 50.8 Å². The number of nitrogens with zero attached hydrogens (tertiary/aromatic N) is 5. The van der Waals surface area contributed by atoms with Crippen LogP contribution in [-0.4, -0.2) is 72.3 Å². The van der Waals surface area contributed by atoms with Crippen molar-refractivity contribution in [2.75, 3.05) is 32.5 Å². The number of nitrogens with one attached hydrogen (secondary N) is 1. The number of nitrogens with two attached hydrogens (primary N) is 1. The van der Waals surface area contributed by atoms with Crippen molar-refractivity contribution in [1.29, 1.82) is 0 Å². The number of likely N-dealkylation sites (N-methyl/N-ethyl adjacent to an activating group) is 1. The Hall–Kier alpha value is -3.93. The molecule has 4 aromatic rings. The van der Waals surface area contributed by atoms with Gasteiger partial charge in [-0.3, -0.25) is 9.78 Å². The van der Waals surface area contributed by atoms with Crippen molar-refractivity contribution in [3.63, 3.8) is 0 Å². The van der Waals surface area contributed by atoms with E-state index in [4.69, 9.17) is 10.1 Å². The Morgan fingerprint density at radius 1 is 1.11 bits per heavy atom. The molecule has 1 fully saturated rings. The fraction of sp³-hybridized carbons (Fsp3) is 0.231. The maximum atomic E-state index is 13.2. The van der Waals surface area contributed by atoms with Crippen LogP contribution < -0.4 is 10.5 Å². The molecule has 37 heavy (non-hydrogen) atoms. The van der Waals surface area contributed by atoms with Gasteiger partial charge in [0, 0.05) is 59.9 Å². The van der Waals surface area contributed by atoms with Crippen LogP contribution in [-0.2, 0) is 10.0 Å². The summed E-state index contributed by atoms with van der Waals surface area (Å²) in [6.45, 7) is 1.42. The zero-order valence-electron chi connectivity index (χ0n) is 20.5. The van der Waals surface area contributed by atoms with Crippen molar-refractivity contribution >= 4 is 38.5 Å². The normalized spacial score (nSPS) is 15.9. The second-order valence-corrected chi connectivity index (χ2v) is 10.8. The zero-order chi connectivity index (χ0) is 26.2. The minimum atomic E-state index is -3.77. The highest BCUT2D eigenvalue weighted by Crippen LogP contribution is 2.29. The number of aromatic nitrogens is 3. The van der Waals surface area contributed by atoms with Crippen molar-refractivity contribution in [1.82, 2.24) is 24.8 Å². The predicted molar refractivity (Wildman–Crippen MR) is 142 cm³/mol. The summed E-state index contributed by atoms with van der Waals surface area (Å²) >= 11 is 0. The second-order valence-electron chi connectivity index (χ2n) is 9.25. The van der Waals surface area contributed by atoms with E-state index in [0.717, 1.165) is 29.5 Å². The maximum Gasteiger partial charge on any atom is 0.255 e. The fourth-order valence-corrected chi connectivity index (χ4v) is 4.96. The largest absolute Gasteiger partial charge is 0.337 e. The summed E-state index contributed by atoms with van der Waals surface area (Å²) in [5.74, 6) is 0.314. The van der Waals surface area contributed by atoms with Gasteiger partial charge in [-0.15, -0.1) is 0 Å². The number of hydrogen-bond acceptors (Lipinski definition) is 8. The highest BCUT2D eigenvalue weighted by Gasteiger charge is 2.28. The summed E-state index contributed by atoms with van der Waals surface area (Å²) in [7, 11) is 0.294. The third-order valence-corrected chi connectivity index (χ3v) is 7.46. The molecule has 1 amide bonds. The van der Waals surface area contributed by atoms with Crippen LogP contribution in [0.5, 0.6) is 0 Å². The number of hydrogen-bond donors (Lipinski definition) is 2. The van der Waals surface area contributed by atoms with Crippen LogP contribution in [0.15, 0.2) is 72.0 Å². The summed E-state index contributed by atoms with van der Waals surface area (Å²) in [6, 6.07) is 14.0. The number of amides is 1. The van der Waals surface area contributed by atoms with Crippen molar-refractivity contribution in [3.05, 3.63) is 72.7 Å². The Balaban J connectivity index is 1.43. The number of primary sulfonamides is 1. The van der Waals surface area contributed by atoms with E-state index in [9.17, 15) is 13.2 Å². The average molecular weight is 518 g/mol. The van der Waals surface area contributed by atoms with Gasteiger partial charge in [0.1, 0.15) is 0 Å². The number of fused-ring (bicyclic) bond motifs is 1. The smallest absolute Gasteiger partial charge is 0.255 e. The lowest BCUT2D eigenvalue weighted by Crippen LogP contribution is -2.34. The molecule has 0 unspecified atom stereocenters. The second kappa shape index (κ2) is 9.85. The van der Waals surface area contributed by atoms with Gasteiger partial charge < -0.3 is 15.1 Å². The van der Waals surface area contributed by atoms with E-state index in [0.29, 0.717) is 35.3 Å². The molecule has 1 atom stereocenters. The van der Waals surface area contributed by atoms with Crippen molar-refractivity contribution in [2.45, 2.75) is 17.4 Å². The number of carbonyl (C=O) groups is 1. The van der Waals surface area contributed by atoms with Gasteiger partial charge in [0.2, 0.25) is 16.0 Å². The van der Waals surface area contributed by atoms with Crippen molar-refractivity contribution < 1.29 is 13.2 Å². The third kappa shape index (κ3) is 5.29. The molecule has 190 valence electrons. The number of pyridine rings is 1. The molecule has 0 aliphatic carbocycles. The Kier molecular flexibility index (Phi) is 6.59. The molecule has 3 heterocycles. The van der Waals surface area contributed by atoms with Gasteiger partial charge >= 0.3 is 0 Å². The van der Waals surface area contributed by atoms with Crippen LogP contribution in [0.3, 0.4) is 0 Å². The van der Waals surface area contributed by atoms with Crippen LogP contribution in [0.4, 0.5) is 11.6 Å². The van der Waals surface area contributed by atoms with E-state index in [1.807, 2.05) is 43.3 Å². The van der Waals surface area contributed by atoms with Gasteiger partial charge in [-0.25, -0.2) is 23.5 Å². The lowest BCUT2D eigenvalue weighted by molar-refractivity contribution is 0.0782. The van der Waals surface area contributed by atoms with Crippen molar-refractivity contribution in [2.24, 2.45) is 5.14 Å². The Morgan fingerprint density at radius 2 is 1.89 bits per heavy atom. The Bertz CT molecular complexity index is 1570. The molecule has 1 saturated heterocycles. The van der Waals surface area contributed by atoms with Gasteiger partial charge in [0.05, 0.1) is 16.0 Å². The van der Waals surface area contributed by atoms with Gasteiger partial charge in [0.15, 0.2) is 0 Å². The van der Waals surface area contributed by atoms with E-state index in [-0.39, 0.29) is 10.8 Å². The van der Waals surface area contributed by atoms with Crippen LogP contribution in [0.2, 0.25) is 0 Å². The molecule has 5 rings (SSSR count). The molecular formula is C26H27N7O3S. The standard InChI is InChI=1S/C26H27N7O3S/c1-32(2)21-10-11-33(16-21)25(34)19-12-18(13-28-14-19)23-5-3-4-17-15-29-26(31-24(17)23)30-20-6-8-22(9-7-20)37(27,35)36/h3-9,12-15,21H,10-11,16H2,1-2H3,(H2,27,35,36)(H,29,30,31)/t21-/m1/s1. The van der Waals surface area contributed by atoms with Gasteiger partial charge in [-0.2, -0.15) is 0 Å². The number of rotatable bonds is 6. The summed E-state index contributed by atoms with van der Waals surface area (Å²) < 4.78 is 23.0. The predicted octanol–water partition coefficient (Wildman–Crippen LogP) is 2.86. The molecule has 2 aromatic carbocycles. The minimum absolute atomic E-state index is 0.0212. The van der Waals surface area contributed by atoms with Crippen LogP contribution >= 0.6 is 0 Å². The molecule has 1 aliphatic heterocycles. The minimum Gasteiger partial charge on any atom is -0.337 e. The lowest BCUT2D eigenvalue weighted by Gasteiger charge is -2.20. The molecule has 0 spiro atoms. The van der Waals surface area contributed by atoms with E-state index < -0.39 is 10.0 Å². The molecule has 11 heteroatoms. The summed E-state index contributed by atoms with van der Waals surface area (Å²) in [5, 5.41) is 9.10. The number of sulfonamides is 1. The number of benzene rings is 2. The molecule has 3 N–H and O–H groups in total. The van der Waals surface area contributed by atoms with Gasteiger partial charge in [0.25, 0.3) is 5.91 Å². The molecule has 0 radical (unpaired) electrons. The van der Waals surface area contributed by atoms with Crippen LogP contribution in [0, 0.1) is 0 Å². The van der Waals surface area contributed by atoms with E-state index in [1.165, 1.54) is 12.1 Å². The van der Waals surface area contributed by atoms with E-state index in [2.05, 4.69) is 20.2 Å². The third-order valence-electron chi connectivity index (χ3n) is 6.53. The van der Waals surface area contributed by atoms with Crippen LogP contribution in [0.1, 0.15) is 16.8 Å². The molecule has 0 saturated carbocycles. The first-order valence-electron chi connectivity index (χ1n) is 11.8. The highest BCUT2D eigenvalue weighted by molar-refractivity contribution is 7.89. The SMILES string of the molecule is CN(C)[C@@H]1CCN(C(=O)c2cncc(-c3cccc4cnc(Nc5ccc(S(N)(=O)=O)cc5)nc34)c2)C1. The Labute approximate surface area is 215 Å². The topological polar surface area (TPSA) is 134 Å². The average Bonchev–Trinajstić information content (AvgIpc) is 3.39. The maximum absolute atomic E-state index is 13.2. The first-order chi connectivity index (χ1) is 17.7. The molecule has 0 bridgehead atoms. The monoisotopic (exact) mass is 517 g/mol. The first kappa shape index (κ1) is 24.8. The van der Waals surface area contributed by atoms with Gasteiger partial charge in [-0.1, -0.05) is 18.2 Å². The lowest BCUT2D eigenvalue weighted by atomic mass is 10.0. The Morgan fingerprint density at radius 3 is 2.59 bits per heavy atom. The number of likely N-dealkylation sites (tertiary alicyclic amines) is 1. The fourth-order valence-electron chi connectivity index (χ4n) is 4.44. The molecular weight excluding hydrogens is 490 g/mol. The van der Waals surface area contributed by atoms with E-state index in [1.54, 1.807) is 30.7 Å². The summed E-state index contributed by atoms with van der Waals surface area (Å²) in [4.78, 5) is 30.7. The van der Waals surface area contributed by atoms with E-state index >= 15 is 0 Å².